The van der Waals surface area contributed by atoms with Crippen LogP contribution in [-0.4, -0.2) is 23.5 Å². The van der Waals surface area contributed by atoms with E-state index in [1.165, 1.54) is 30.3 Å². The SMILES string of the molecule is Cc1oc2cc(OC(=O)C3CCC(CNC(=O)OCc4ccccc4)CC3)ccc2c(=O)c1-c1ccc([N+](=O)[O-])cc1. The number of fused-ring (bicyclic) bond motifs is 1. The summed E-state index contributed by atoms with van der Waals surface area (Å²) in [5, 5.41) is 14.1. The summed E-state index contributed by atoms with van der Waals surface area (Å²) in [7, 11) is 0. The van der Waals surface area contributed by atoms with Gasteiger partial charge in [0.15, 0.2) is 0 Å². The molecule has 1 aliphatic rings. The monoisotopic (exact) mass is 570 g/mol. The molecule has 0 bridgehead atoms. The first-order valence-electron chi connectivity index (χ1n) is 13.8. The van der Waals surface area contributed by atoms with Crippen LogP contribution in [0.1, 0.15) is 37.0 Å². The van der Waals surface area contributed by atoms with Crippen LogP contribution in [0.25, 0.3) is 22.1 Å². The van der Waals surface area contributed by atoms with Crippen molar-refractivity contribution in [2.75, 3.05) is 6.54 Å². The van der Waals surface area contributed by atoms with Gasteiger partial charge < -0.3 is 19.2 Å². The van der Waals surface area contributed by atoms with Crippen molar-refractivity contribution >= 4 is 28.7 Å². The van der Waals surface area contributed by atoms with E-state index in [4.69, 9.17) is 13.9 Å². The van der Waals surface area contributed by atoms with Gasteiger partial charge in [-0.15, -0.1) is 0 Å². The molecule has 10 nitrogen and oxygen atoms in total. The van der Waals surface area contributed by atoms with Crippen LogP contribution in [0.15, 0.2) is 82.0 Å². The number of carbonyl (C=O) groups is 2. The number of esters is 1. The average molecular weight is 571 g/mol. The van der Waals surface area contributed by atoms with E-state index in [1.807, 2.05) is 30.3 Å². The van der Waals surface area contributed by atoms with Gasteiger partial charge in [-0.05, 0) is 73.9 Å². The number of aryl methyl sites for hydroxylation is 1. The lowest BCUT2D eigenvalue weighted by Gasteiger charge is -2.27. The maximum atomic E-state index is 13.2. The van der Waals surface area contributed by atoms with Gasteiger partial charge in [0.2, 0.25) is 5.43 Å². The first kappa shape index (κ1) is 28.5. The lowest BCUT2D eigenvalue weighted by molar-refractivity contribution is -0.384. The van der Waals surface area contributed by atoms with Crippen molar-refractivity contribution in [1.29, 1.82) is 0 Å². The third-order valence-electron chi connectivity index (χ3n) is 7.55. The van der Waals surface area contributed by atoms with Crippen LogP contribution in [0.5, 0.6) is 5.75 Å². The Morgan fingerprint density at radius 2 is 1.71 bits per heavy atom. The van der Waals surface area contributed by atoms with Crippen LogP contribution in [0.4, 0.5) is 10.5 Å². The molecule has 5 rings (SSSR count). The molecular formula is C32H30N2O8. The van der Waals surface area contributed by atoms with Crippen molar-refractivity contribution in [3.8, 4) is 16.9 Å². The van der Waals surface area contributed by atoms with Crippen LogP contribution in [-0.2, 0) is 16.1 Å². The summed E-state index contributed by atoms with van der Waals surface area (Å²) >= 11 is 0. The fourth-order valence-electron chi connectivity index (χ4n) is 5.24. The lowest BCUT2D eigenvalue weighted by atomic mass is 9.82. The van der Waals surface area contributed by atoms with Gasteiger partial charge >= 0.3 is 12.1 Å². The summed E-state index contributed by atoms with van der Waals surface area (Å²) in [6, 6.07) is 19.8. The zero-order valence-electron chi connectivity index (χ0n) is 23.0. The highest BCUT2D eigenvalue weighted by Crippen LogP contribution is 2.31. The summed E-state index contributed by atoms with van der Waals surface area (Å²) in [4.78, 5) is 48.6. The number of nitrogens with zero attached hydrogens (tertiary/aromatic N) is 1. The molecule has 10 heteroatoms. The van der Waals surface area contributed by atoms with Crippen LogP contribution in [0.3, 0.4) is 0 Å². The summed E-state index contributed by atoms with van der Waals surface area (Å²) < 4.78 is 16.8. The summed E-state index contributed by atoms with van der Waals surface area (Å²) in [5.74, 6) is 0.273. The number of non-ortho nitro benzene ring substituents is 1. The number of benzene rings is 3. The van der Waals surface area contributed by atoms with Crippen LogP contribution >= 0.6 is 0 Å². The van der Waals surface area contributed by atoms with Crippen LogP contribution in [0, 0.1) is 28.9 Å². The van der Waals surface area contributed by atoms with Gasteiger partial charge in [-0.3, -0.25) is 19.7 Å². The second kappa shape index (κ2) is 12.7. The standard InChI is InChI=1S/C32H30N2O8/c1-20-29(23-11-13-25(14-12-23)34(38)39)30(35)27-16-15-26(17-28(27)41-20)42-31(36)24-9-7-21(8-10-24)18-33-32(37)40-19-22-5-3-2-4-6-22/h2-6,11-17,21,24H,7-10,18-19H2,1H3,(H,33,37). The van der Waals surface area contributed by atoms with Gasteiger partial charge in [0.05, 0.1) is 21.8 Å². The van der Waals surface area contributed by atoms with Gasteiger partial charge in [-0.2, -0.15) is 0 Å². The van der Waals surface area contributed by atoms with Gasteiger partial charge in [-0.1, -0.05) is 30.3 Å². The molecule has 0 radical (unpaired) electrons. The predicted molar refractivity (Wildman–Crippen MR) is 155 cm³/mol. The second-order valence-corrected chi connectivity index (χ2v) is 10.4. The zero-order valence-corrected chi connectivity index (χ0v) is 23.0. The Morgan fingerprint density at radius 1 is 1.00 bits per heavy atom. The van der Waals surface area contributed by atoms with E-state index in [0.717, 1.165) is 18.4 Å². The molecule has 1 aliphatic carbocycles. The summed E-state index contributed by atoms with van der Waals surface area (Å²) in [5.41, 5.74) is 1.68. The third-order valence-corrected chi connectivity index (χ3v) is 7.55. The number of ether oxygens (including phenoxy) is 2. The molecule has 1 N–H and O–H groups in total. The molecule has 3 aromatic carbocycles. The maximum absolute atomic E-state index is 13.2. The van der Waals surface area contributed by atoms with Crippen molar-refractivity contribution < 1.29 is 28.4 Å². The Labute approximate surface area is 241 Å². The molecule has 0 spiro atoms. The molecule has 0 saturated heterocycles. The van der Waals surface area contributed by atoms with E-state index in [-0.39, 0.29) is 46.9 Å². The Balaban J connectivity index is 1.15. The van der Waals surface area contributed by atoms with Crippen molar-refractivity contribution in [2.24, 2.45) is 11.8 Å². The van der Waals surface area contributed by atoms with Crippen molar-refractivity contribution in [3.63, 3.8) is 0 Å². The van der Waals surface area contributed by atoms with Crippen molar-refractivity contribution in [3.05, 3.63) is 104 Å². The fraction of sp³-hybridized carbons (Fsp3) is 0.281. The van der Waals surface area contributed by atoms with E-state index in [0.29, 0.717) is 41.7 Å². The second-order valence-electron chi connectivity index (χ2n) is 10.4. The van der Waals surface area contributed by atoms with Crippen LogP contribution in [0.2, 0.25) is 0 Å². The minimum atomic E-state index is -0.502. The molecule has 0 unspecified atom stereocenters. The Hall–Kier alpha value is -4.99. The maximum Gasteiger partial charge on any atom is 0.407 e. The molecule has 216 valence electrons. The number of nitro benzene ring substituents is 1. The van der Waals surface area contributed by atoms with E-state index >= 15 is 0 Å². The molecule has 0 aliphatic heterocycles. The first-order valence-corrected chi connectivity index (χ1v) is 13.8. The van der Waals surface area contributed by atoms with Gasteiger partial charge in [0, 0.05) is 24.7 Å². The molecule has 1 heterocycles. The highest BCUT2D eigenvalue weighted by molar-refractivity contribution is 5.85. The number of rotatable bonds is 8. The van der Waals surface area contributed by atoms with Gasteiger partial charge in [0.25, 0.3) is 5.69 Å². The molecule has 4 aromatic rings. The predicted octanol–water partition coefficient (Wildman–Crippen LogP) is 6.31. The van der Waals surface area contributed by atoms with Crippen LogP contribution < -0.4 is 15.5 Å². The van der Waals surface area contributed by atoms with Crippen molar-refractivity contribution in [1.82, 2.24) is 5.32 Å². The number of carbonyl (C=O) groups excluding carboxylic acids is 2. The molecule has 1 aromatic heterocycles. The molecule has 42 heavy (non-hydrogen) atoms. The highest BCUT2D eigenvalue weighted by atomic mass is 16.6. The summed E-state index contributed by atoms with van der Waals surface area (Å²) in [6.07, 6.45) is 2.37. The molecule has 1 saturated carbocycles. The Kier molecular flexibility index (Phi) is 8.61. The van der Waals surface area contributed by atoms with E-state index in [9.17, 15) is 24.5 Å². The largest absolute Gasteiger partial charge is 0.460 e. The Bertz CT molecular complexity index is 1660. The average Bonchev–Trinajstić information content (AvgIpc) is 3.00. The smallest absolute Gasteiger partial charge is 0.407 e. The quantitative estimate of drug-likeness (QED) is 0.112. The van der Waals surface area contributed by atoms with Gasteiger partial charge in [0.1, 0.15) is 23.7 Å². The van der Waals surface area contributed by atoms with E-state index < -0.39 is 11.0 Å². The fourth-order valence-corrected chi connectivity index (χ4v) is 5.24. The number of hydrogen-bond acceptors (Lipinski definition) is 8. The lowest BCUT2D eigenvalue weighted by Crippen LogP contribution is -2.33. The number of nitro groups is 1. The van der Waals surface area contributed by atoms with E-state index in [1.54, 1.807) is 19.1 Å². The molecular weight excluding hydrogens is 540 g/mol. The van der Waals surface area contributed by atoms with Crippen molar-refractivity contribution in [2.45, 2.75) is 39.2 Å². The molecule has 0 atom stereocenters. The molecule has 1 amide bonds. The molecule has 1 fully saturated rings. The number of hydrogen-bond donors (Lipinski definition) is 1. The van der Waals surface area contributed by atoms with Gasteiger partial charge in [-0.25, -0.2) is 4.79 Å². The Morgan fingerprint density at radius 3 is 2.40 bits per heavy atom. The minimum absolute atomic E-state index is 0.0718. The third kappa shape index (κ3) is 6.65. The number of alkyl carbamates (subject to hydrolysis) is 1. The number of amides is 1. The van der Waals surface area contributed by atoms with E-state index in [2.05, 4.69) is 5.32 Å². The summed E-state index contributed by atoms with van der Waals surface area (Å²) in [6.45, 7) is 2.34. The minimum Gasteiger partial charge on any atom is -0.460 e. The normalized spacial score (nSPS) is 16.5. The number of nitrogens with one attached hydrogen (secondary N) is 1. The first-order chi connectivity index (χ1) is 20.3. The highest BCUT2D eigenvalue weighted by Gasteiger charge is 2.28. The topological polar surface area (TPSA) is 138 Å². The zero-order chi connectivity index (χ0) is 29.6.